The van der Waals surface area contributed by atoms with Gasteiger partial charge in [-0.2, -0.15) is 0 Å². The van der Waals surface area contributed by atoms with Gasteiger partial charge in [0.05, 0.1) is 10.0 Å². The molecule has 0 radical (unpaired) electrons. The zero-order valence-electron chi connectivity index (χ0n) is 15.9. The maximum Gasteiger partial charge on any atom is 0.318 e. The predicted molar refractivity (Wildman–Crippen MR) is 115 cm³/mol. The number of phenolic OH excluding ortho intramolecular Hbond substituents is 1. The Morgan fingerprint density at radius 3 is 2.41 bits per heavy atom. The first-order chi connectivity index (χ1) is 13.8. The fourth-order valence-corrected chi connectivity index (χ4v) is 3.32. The molecule has 0 saturated carbocycles. The summed E-state index contributed by atoms with van der Waals surface area (Å²) >= 11 is 12.0. The van der Waals surface area contributed by atoms with Crippen LogP contribution < -0.4 is 15.5 Å². The molecule has 7 nitrogen and oxygen atoms in total. The Labute approximate surface area is 179 Å². The highest BCUT2D eigenvalue weighted by atomic mass is 35.5. The van der Waals surface area contributed by atoms with Crippen LogP contribution in [0, 0.1) is 0 Å². The first kappa shape index (κ1) is 21.1. The number of hydrogen-bond donors (Lipinski definition) is 3. The lowest BCUT2D eigenvalue weighted by Gasteiger charge is -2.36. The second-order valence-corrected chi connectivity index (χ2v) is 7.60. The lowest BCUT2D eigenvalue weighted by Crippen LogP contribution is -2.54. The predicted octanol–water partition coefficient (Wildman–Crippen LogP) is 3.56. The van der Waals surface area contributed by atoms with Gasteiger partial charge in [0.2, 0.25) is 5.91 Å². The van der Waals surface area contributed by atoms with Crippen LogP contribution in [0.25, 0.3) is 0 Å². The van der Waals surface area contributed by atoms with E-state index < -0.39 is 6.04 Å². The van der Waals surface area contributed by atoms with Gasteiger partial charge >= 0.3 is 6.03 Å². The molecule has 3 amide bonds. The molecule has 29 heavy (non-hydrogen) atoms. The van der Waals surface area contributed by atoms with E-state index in [9.17, 15) is 14.7 Å². The SMILES string of the molecule is C[C@H](NC(=O)N1CCN(c2ccc(Cl)c(Cl)c2)CC1)C(=O)Nc1cccc(O)c1. The summed E-state index contributed by atoms with van der Waals surface area (Å²) in [5.41, 5.74) is 1.42. The zero-order chi connectivity index (χ0) is 21.0. The first-order valence-electron chi connectivity index (χ1n) is 9.19. The van der Waals surface area contributed by atoms with Crippen molar-refractivity contribution in [2.75, 3.05) is 36.4 Å². The Bertz CT molecular complexity index is 901. The Morgan fingerprint density at radius 2 is 1.76 bits per heavy atom. The number of carbonyl (C=O) groups excluding carboxylic acids is 2. The Balaban J connectivity index is 1.49. The van der Waals surface area contributed by atoms with E-state index in [1.54, 1.807) is 30.0 Å². The molecule has 1 heterocycles. The van der Waals surface area contributed by atoms with Crippen LogP contribution in [0.3, 0.4) is 0 Å². The number of rotatable bonds is 4. The van der Waals surface area contributed by atoms with Crippen molar-refractivity contribution in [2.24, 2.45) is 0 Å². The van der Waals surface area contributed by atoms with E-state index in [4.69, 9.17) is 23.2 Å². The largest absolute Gasteiger partial charge is 0.508 e. The van der Waals surface area contributed by atoms with E-state index in [0.29, 0.717) is 41.9 Å². The second-order valence-electron chi connectivity index (χ2n) is 6.78. The summed E-state index contributed by atoms with van der Waals surface area (Å²) in [6.45, 7) is 3.95. The molecule has 9 heteroatoms. The minimum atomic E-state index is -0.724. The highest BCUT2D eigenvalue weighted by Crippen LogP contribution is 2.27. The second kappa shape index (κ2) is 9.24. The zero-order valence-corrected chi connectivity index (χ0v) is 17.4. The number of halogens is 2. The maximum absolute atomic E-state index is 12.5. The van der Waals surface area contributed by atoms with Crippen molar-refractivity contribution in [3.05, 3.63) is 52.5 Å². The lowest BCUT2D eigenvalue weighted by molar-refractivity contribution is -0.117. The highest BCUT2D eigenvalue weighted by Gasteiger charge is 2.24. The van der Waals surface area contributed by atoms with Gasteiger partial charge in [-0.15, -0.1) is 0 Å². The van der Waals surface area contributed by atoms with Gasteiger partial charge in [0.25, 0.3) is 0 Å². The molecule has 1 aliphatic heterocycles. The minimum Gasteiger partial charge on any atom is -0.508 e. The van der Waals surface area contributed by atoms with Crippen molar-refractivity contribution in [2.45, 2.75) is 13.0 Å². The molecule has 0 aliphatic carbocycles. The fourth-order valence-electron chi connectivity index (χ4n) is 3.03. The highest BCUT2D eigenvalue weighted by molar-refractivity contribution is 6.42. The van der Waals surface area contributed by atoms with Crippen LogP contribution in [0.5, 0.6) is 5.75 Å². The van der Waals surface area contributed by atoms with E-state index in [2.05, 4.69) is 15.5 Å². The molecule has 154 valence electrons. The van der Waals surface area contributed by atoms with Crippen LogP contribution in [0.1, 0.15) is 6.92 Å². The summed E-state index contributed by atoms with van der Waals surface area (Å²) in [6, 6.07) is 10.7. The van der Waals surface area contributed by atoms with Crippen molar-refractivity contribution in [3.8, 4) is 5.75 Å². The molecule has 2 aromatic rings. The number of carbonyl (C=O) groups is 2. The Hall–Kier alpha value is -2.64. The van der Waals surface area contributed by atoms with Crippen LogP contribution in [-0.4, -0.2) is 54.2 Å². The summed E-state index contributed by atoms with van der Waals surface area (Å²) in [7, 11) is 0. The smallest absolute Gasteiger partial charge is 0.318 e. The van der Waals surface area contributed by atoms with Gasteiger partial charge in [-0.05, 0) is 37.3 Å². The average molecular weight is 437 g/mol. The molecule has 1 saturated heterocycles. The Kier molecular flexibility index (Phi) is 6.71. The van der Waals surface area contributed by atoms with E-state index in [1.165, 1.54) is 12.1 Å². The fraction of sp³-hybridized carbons (Fsp3) is 0.300. The van der Waals surface area contributed by atoms with Crippen LogP contribution >= 0.6 is 23.2 Å². The number of amides is 3. The molecule has 0 spiro atoms. The summed E-state index contributed by atoms with van der Waals surface area (Å²) in [5.74, 6) is -0.308. The van der Waals surface area contributed by atoms with Gasteiger partial charge in [-0.25, -0.2) is 4.79 Å². The summed E-state index contributed by atoms with van der Waals surface area (Å²) in [5, 5.41) is 15.8. The normalized spacial score (nSPS) is 15.0. The molecular weight excluding hydrogens is 415 g/mol. The molecule has 0 aromatic heterocycles. The topological polar surface area (TPSA) is 84.9 Å². The number of benzene rings is 2. The van der Waals surface area contributed by atoms with E-state index >= 15 is 0 Å². The van der Waals surface area contributed by atoms with E-state index in [0.717, 1.165) is 5.69 Å². The van der Waals surface area contributed by atoms with Crippen molar-refractivity contribution in [3.63, 3.8) is 0 Å². The molecule has 3 N–H and O–H groups in total. The van der Waals surface area contributed by atoms with Crippen molar-refractivity contribution in [1.82, 2.24) is 10.2 Å². The maximum atomic E-state index is 12.5. The van der Waals surface area contributed by atoms with Crippen molar-refractivity contribution >= 4 is 46.5 Å². The third-order valence-electron chi connectivity index (χ3n) is 4.68. The number of aromatic hydroxyl groups is 1. The molecule has 1 fully saturated rings. The molecule has 3 rings (SSSR count). The van der Waals surface area contributed by atoms with Crippen LogP contribution in [-0.2, 0) is 4.79 Å². The molecule has 1 atom stereocenters. The summed E-state index contributed by atoms with van der Waals surface area (Å²) in [6.07, 6.45) is 0. The van der Waals surface area contributed by atoms with Crippen LogP contribution in [0.4, 0.5) is 16.2 Å². The minimum absolute atomic E-state index is 0.0549. The van der Waals surface area contributed by atoms with Gasteiger partial charge < -0.3 is 25.5 Å². The quantitative estimate of drug-likeness (QED) is 0.683. The molecule has 0 unspecified atom stereocenters. The van der Waals surface area contributed by atoms with Gasteiger partial charge in [-0.3, -0.25) is 4.79 Å². The number of anilines is 2. The summed E-state index contributed by atoms with van der Waals surface area (Å²) in [4.78, 5) is 28.6. The number of piperazine rings is 1. The van der Waals surface area contributed by atoms with Gasteiger partial charge in [-0.1, -0.05) is 29.3 Å². The third-order valence-corrected chi connectivity index (χ3v) is 5.42. The lowest BCUT2D eigenvalue weighted by atomic mass is 10.2. The first-order valence-corrected chi connectivity index (χ1v) is 9.94. The van der Waals surface area contributed by atoms with Crippen LogP contribution in [0.2, 0.25) is 10.0 Å². The van der Waals surface area contributed by atoms with Gasteiger partial charge in [0.1, 0.15) is 11.8 Å². The third kappa shape index (κ3) is 5.46. The number of nitrogens with one attached hydrogen (secondary N) is 2. The van der Waals surface area contributed by atoms with E-state index in [1.807, 2.05) is 12.1 Å². The van der Waals surface area contributed by atoms with Gasteiger partial charge in [0.15, 0.2) is 0 Å². The Morgan fingerprint density at radius 1 is 1.03 bits per heavy atom. The van der Waals surface area contributed by atoms with Crippen LogP contribution in [0.15, 0.2) is 42.5 Å². The van der Waals surface area contributed by atoms with Crippen molar-refractivity contribution < 1.29 is 14.7 Å². The number of nitrogens with zero attached hydrogens (tertiary/aromatic N) is 2. The molecule has 1 aliphatic rings. The van der Waals surface area contributed by atoms with Gasteiger partial charge in [0, 0.05) is 43.6 Å². The summed E-state index contributed by atoms with van der Waals surface area (Å²) < 4.78 is 0. The number of hydrogen-bond acceptors (Lipinski definition) is 4. The van der Waals surface area contributed by atoms with Crippen molar-refractivity contribution in [1.29, 1.82) is 0 Å². The molecule has 0 bridgehead atoms. The standard InChI is InChI=1S/C20H22Cl2N4O3/c1-13(19(28)24-14-3-2-4-16(27)11-14)23-20(29)26-9-7-25(8-10-26)15-5-6-17(21)18(22)12-15/h2-6,11-13,27H,7-10H2,1H3,(H,23,29)(H,24,28)/t13-/m0/s1. The molecular formula is C20H22Cl2N4O3. The van der Waals surface area contributed by atoms with E-state index in [-0.39, 0.29) is 17.7 Å². The number of phenols is 1. The monoisotopic (exact) mass is 436 g/mol. The number of urea groups is 1. The molecule has 2 aromatic carbocycles. The average Bonchev–Trinajstić information content (AvgIpc) is 2.70.